The van der Waals surface area contributed by atoms with Gasteiger partial charge in [0.05, 0.1) is 17.5 Å². The van der Waals surface area contributed by atoms with Gasteiger partial charge in [0.15, 0.2) is 0 Å². The predicted molar refractivity (Wildman–Crippen MR) is 120 cm³/mol. The second kappa shape index (κ2) is 9.42. The summed E-state index contributed by atoms with van der Waals surface area (Å²) in [7, 11) is 0. The molecular weight excluding hydrogens is 406 g/mol. The van der Waals surface area contributed by atoms with E-state index in [4.69, 9.17) is 0 Å². The summed E-state index contributed by atoms with van der Waals surface area (Å²) in [6.45, 7) is 3.44. The van der Waals surface area contributed by atoms with Gasteiger partial charge in [-0.05, 0) is 37.5 Å². The monoisotopic (exact) mass is 435 g/mol. The van der Waals surface area contributed by atoms with Crippen molar-refractivity contribution < 1.29 is 19.5 Å². The number of hydrogen-bond donors (Lipinski definition) is 2. The van der Waals surface area contributed by atoms with Crippen LogP contribution in [0.5, 0.6) is 5.75 Å². The van der Waals surface area contributed by atoms with E-state index in [9.17, 15) is 19.5 Å². The van der Waals surface area contributed by atoms with Crippen molar-refractivity contribution >= 4 is 17.7 Å². The van der Waals surface area contributed by atoms with Crippen molar-refractivity contribution in [3.05, 3.63) is 65.7 Å². The minimum absolute atomic E-state index is 0.00425. The SMILES string of the molecule is CC(c1ccccc1)N1CC(C(=O)NC2CCN(C(=O)c3ccccc3O)CC2)CC1=O. The molecule has 7 heteroatoms. The summed E-state index contributed by atoms with van der Waals surface area (Å²) in [5, 5.41) is 13.0. The van der Waals surface area contributed by atoms with Crippen LogP contribution in [0.4, 0.5) is 0 Å². The van der Waals surface area contributed by atoms with Gasteiger partial charge >= 0.3 is 0 Å². The number of piperidine rings is 1. The molecular formula is C25H29N3O4. The van der Waals surface area contributed by atoms with E-state index < -0.39 is 0 Å². The Balaban J connectivity index is 1.28. The van der Waals surface area contributed by atoms with Crippen LogP contribution in [0.3, 0.4) is 0 Å². The highest BCUT2D eigenvalue weighted by Crippen LogP contribution is 2.29. The Kier molecular flexibility index (Phi) is 6.44. The summed E-state index contributed by atoms with van der Waals surface area (Å²) in [4.78, 5) is 41.5. The average molecular weight is 436 g/mol. The molecule has 2 saturated heterocycles. The van der Waals surface area contributed by atoms with Crippen LogP contribution in [-0.4, -0.2) is 58.3 Å². The number of carbonyl (C=O) groups is 3. The molecule has 3 amide bonds. The largest absolute Gasteiger partial charge is 0.507 e. The van der Waals surface area contributed by atoms with E-state index in [1.807, 2.05) is 37.3 Å². The van der Waals surface area contributed by atoms with Crippen molar-refractivity contribution in [2.75, 3.05) is 19.6 Å². The van der Waals surface area contributed by atoms with Gasteiger partial charge in [-0.2, -0.15) is 0 Å². The standard InChI is InChI=1S/C25H29N3O4/c1-17(18-7-3-2-4-8-18)28-16-19(15-23(28)30)24(31)26-20-11-13-27(14-12-20)25(32)21-9-5-6-10-22(21)29/h2-10,17,19-20,29H,11-16H2,1H3,(H,26,31). The maximum atomic E-state index is 12.8. The number of phenolic OH excluding ortho intramolecular Hbond substituents is 1. The van der Waals surface area contributed by atoms with Crippen LogP contribution in [0.15, 0.2) is 54.6 Å². The highest BCUT2D eigenvalue weighted by atomic mass is 16.3. The number of amides is 3. The molecule has 2 aromatic carbocycles. The molecule has 2 aliphatic heterocycles. The van der Waals surface area contributed by atoms with Gasteiger partial charge in [0.2, 0.25) is 11.8 Å². The van der Waals surface area contributed by atoms with E-state index in [0.29, 0.717) is 38.0 Å². The Morgan fingerprint density at radius 2 is 1.69 bits per heavy atom. The number of para-hydroxylation sites is 1. The smallest absolute Gasteiger partial charge is 0.257 e. The molecule has 32 heavy (non-hydrogen) atoms. The van der Waals surface area contributed by atoms with Crippen LogP contribution in [0.1, 0.15) is 48.1 Å². The molecule has 2 N–H and O–H groups in total. The second-order valence-electron chi connectivity index (χ2n) is 8.63. The Bertz CT molecular complexity index is 986. The first kappa shape index (κ1) is 21.9. The van der Waals surface area contributed by atoms with Crippen LogP contribution < -0.4 is 5.32 Å². The van der Waals surface area contributed by atoms with Gasteiger partial charge in [-0.3, -0.25) is 14.4 Å². The molecule has 2 unspecified atom stereocenters. The highest BCUT2D eigenvalue weighted by molar-refractivity contribution is 5.96. The zero-order chi connectivity index (χ0) is 22.7. The van der Waals surface area contributed by atoms with Crippen molar-refractivity contribution in [1.82, 2.24) is 15.1 Å². The zero-order valence-electron chi connectivity index (χ0n) is 18.2. The molecule has 2 aromatic rings. The molecule has 168 valence electrons. The fourth-order valence-electron chi connectivity index (χ4n) is 4.56. The summed E-state index contributed by atoms with van der Waals surface area (Å²) in [6.07, 6.45) is 1.53. The quantitative estimate of drug-likeness (QED) is 0.756. The van der Waals surface area contributed by atoms with Crippen molar-refractivity contribution in [3.63, 3.8) is 0 Å². The topological polar surface area (TPSA) is 90.0 Å². The Morgan fingerprint density at radius 3 is 2.38 bits per heavy atom. The molecule has 2 heterocycles. The average Bonchev–Trinajstić information content (AvgIpc) is 3.21. The van der Waals surface area contributed by atoms with Crippen molar-refractivity contribution in [2.24, 2.45) is 5.92 Å². The van der Waals surface area contributed by atoms with Crippen molar-refractivity contribution in [2.45, 2.75) is 38.3 Å². The van der Waals surface area contributed by atoms with Crippen LogP contribution in [-0.2, 0) is 9.59 Å². The van der Waals surface area contributed by atoms with Gasteiger partial charge in [0.25, 0.3) is 5.91 Å². The maximum Gasteiger partial charge on any atom is 0.257 e. The van der Waals surface area contributed by atoms with Crippen molar-refractivity contribution in [3.8, 4) is 5.75 Å². The number of carbonyl (C=O) groups excluding carboxylic acids is 3. The van der Waals surface area contributed by atoms with Crippen LogP contribution in [0.2, 0.25) is 0 Å². The fourth-order valence-corrected chi connectivity index (χ4v) is 4.56. The Hall–Kier alpha value is -3.35. The lowest BCUT2D eigenvalue weighted by Gasteiger charge is -2.33. The number of aromatic hydroxyl groups is 1. The Labute approximate surface area is 188 Å². The lowest BCUT2D eigenvalue weighted by Crippen LogP contribution is -2.48. The minimum Gasteiger partial charge on any atom is -0.507 e. The summed E-state index contributed by atoms with van der Waals surface area (Å²) >= 11 is 0. The molecule has 0 aliphatic carbocycles. The van der Waals surface area contributed by atoms with Crippen LogP contribution in [0, 0.1) is 5.92 Å². The first-order chi connectivity index (χ1) is 15.4. The third-order valence-corrected chi connectivity index (χ3v) is 6.54. The lowest BCUT2D eigenvalue weighted by atomic mass is 10.0. The van der Waals surface area contributed by atoms with Gasteiger partial charge in [-0.1, -0.05) is 42.5 Å². The molecule has 0 radical (unpaired) electrons. The van der Waals surface area contributed by atoms with Gasteiger partial charge < -0.3 is 20.2 Å². The van der Waals surface area contributed by atoms with Gasteiger partial charge in [0.1, 0.15) is 5.75 Å². The lowest BCUT2D eigenvalue weighted by molar-refractivity contribution is -0.130. The van der Waals surface area contributed by atoms with E-state index in [0.717, 1.165) is 5.56 Å². The number of rotatable bonds is 5. The first-order valence-electron chi connectivity index (χ1n) is 11.2. The third kappa shape index (κ3) is 4.61. The molecule has 2 aliphatic rings. The van der Waals surface area contributed by atoms with E-state index in [1.54, 1.807) is 28.0 Å². The van der Waals surface area contributed by atoms with E-state index in [-0.39, 0.29) is 47.9 Å². The number of hydrogen-bond acceptors (Lipinski definition) is 4. The number of nitrogens with one attached hydrogen (secondary N) is 1. The zero-order valence-corrected chi connectivity index (χ0v) is 18.2. The third-order valence-electron chi connectivity index (χ3n) is 6.54. The number of phenols is 1. The summed E-state index contributed by atoms with van der Waals surface area (Å²) < 4.78 is 0. The van der Waals surface area contributed by atoms with Crippen LogP contribution >= 0.6 is 0 Å². The molecule has 2 atom stereocenters. The van der Waals surface area contributed by atoms with Gasteiger partial charge in [0, 0.05) is 32.1 Å². The minimum atomic E-state index is -0.352. The second-order valence-corrected chi connectivity index (χ2v) is 8.63. The van der Waals surface area contributed by atoms with E-state index >= 15 is 0 Å². The number of nitrogens with zero attached hydrogens (tertiary/aromatic N) is 2. The normalized spacial score (nSPS) is 20.3. The maximum absolute atomic E-state index is 12.8. The van der Waals surface area contributed by atoms with E-state index in [2.05, 4.69) is 5.32 Å². The molecule has 0 bridgehead atoms. The predicted octanol–water partition coefficient (Wildman–Crippen LogP) is 2.72. The Morgan fingerprint density at radius 1 is 1.03 bits per heavy atom. The van der Waals surface area contributed by atoms with Gasteiger partial charge in [-0.15, -0.1) is 0 Å². The molecule has 0 saturated carbocycles. The summed E-state index contributed by atoms with van der Waals surface area (Å²) in [5.74, 6) is -0.654. The number of likely N-dealkylation sites (tertiary alicyclic amines) is 2. The molecule has 0 spiro atoms. The fraction of sp³-hybridized carbons (Fsp3) is 0.400. The summed E-state index contributed by atoms with van der Waals surface area (Å²) in [6, 6.07) is 16.3. The van der Waals surface area contributed by atoms with Crippen molar-refractivity contribution in [1.29, 1.82) is 0 Å². The molecule has 0 aromatic heterocycles. The number of benzene rings is 2. The van der Waals surface area contributed by atoms with Crippen LogP contribution in [0.25, 0.3) is 0 Å². The molecule has 4 rings (SSSR count). The molecule has 7 nitrogen and oxygen atoms in total. The summed E-state index contributed by atoms with van der Waals surface area (Å²) in [5.41, 5.74) is 1.36. The first-order valence-corrected chi connectivity index (χ1v) is 11.2. The molecule has 2 fully saturated rings. The highest BCUT2D eigenvalue weighted by Gasteiger charge is 2.38. The van der Waals surface area contributed by atoms with E-state index in [1.165, 1.54) is 6.07 Å². The van der Waals surface area contributed by atoms with Gasteiger partial charge in [-0.25, -0.2) is 0 Å².